The number of halogens is 4. The molecule has 0 aliphatic heterocycles. The van der Waals surface area contributed by atoms with Gasteiger partial charge in [0, 0.05) is 20.5 Å². The van der Waals surface area contributed by atoms with E-state index in [1.807, 2.05) is 6.07 Å². The third-order valence-electron chi connectivity index (χ3n) is 5.59. The van der Waals surface area contributed by atoms with Crippen molar-refractivity contribution in [1.82, 2.24) is 0 Å². The molecule has 0 atom stereocenters. The number of nitrogens with zero attached hydrogens (tertiary/aromatic N) is 2. The minimum atomic E-state index is -0.613. The zero-order chi connectivity index (χ0) is 25.8. The number of nitrogens with one attached hydrogen (secondary N) is 1. The highest BCUT2D eigenvalue weighted by Crippen LogP contribution is 2.38. The summed E-state index contributed by atoms with van der Waals surface area (Å²) >= 11 is 26.3. The summed E-state index contributed by atoms with van der Waals surface area (Å²) in [5, 5.41) is 23.8. The van der Waals surface area contributed by atoms with Crippen molar-refractivity contribution in [2.24, 2.45) is 0 Å². The first-order valence-corrected chi connectivity index (χ1v) is 13.2. The van der Waals surface area contributed by atoms with Gasteiger partial charge in [-0.1, -0.05) is 52.5 Å². The Morgan fingerprint density at radius 2 is 1.78 bits per heavy atom. The van der Waals surface area contributed by atoms with Gasteiger partial charge in [-0.15, -0.1) is 11.3 Å². The second-order valence-corrected chi connectivity index (χ2v) is 10.8. The predicted molar refractivity (Wildman–Crippen MR) is 145 cm³/mol. The molecule has 1 N–H and O–H groups in total. The molecule has 2 aromatic carbocycles. The summed E-state index contributed by atoms with van der Waals surface area (Å²) in [7, 11) is 0. The van der Waals surface area contributed by atoms with Crippen LogP contribution in [0.25, 0.3) is 6.08 Å². The number of benzene rings is 2. The van der Waals surface area contributed by atoms with Gasteiger partial charge in [0.25, 0.3) is 5.91 Å². The molecule has 1 aliphatic carbocycles. The van der Waals surface area contributed by atoms with Crippen molar-refractivity contribution in [3.63, 3.8) is 0 Å². The molecule has 4 rings (SSSR count). The third kappa shape index (κ3) is 5.81. The largest absolute Gasteiger partial charge is 0.486 e. The molecule has 1 heterocycles. The van der Waals surface area contributed by atoms with Crippen molar-refractivity contribution in [3.8, 4) is 17.9 Å². The molecule has 182 valence electrons. The van der Waals surface area contributed by atoms with E-state index >= 15 is 0 Å². The SMILES string of the molecule is N#C/C(=C\c1cc(Cl)c(OCc2ccc(Cl)cc2Cl)c(Cl)c1)C(=O)Nc1sc2c(c1C#N)CCCC2. The van der Waals surface area contributed by atoms with Crippen molar-refractivity contribution in [2.75, 3.05) is 5.32 Å². The number of hydrogen-bond donors (Lipinski definition) is 1. The van der Waals surface area contributed by atoms with Crippen LogP contribution in [0, 0.1) is 22.7 Å². The highest BCUT2D eigenvalue weighted by atomic mass is 35.5. The highest BCUT2D eigenvalue weighted by Gasteiger charge is 2.23. The number of hydrogen-bond acceptors (Lipinski definition) is 5. The summed E-state index contributed by atoms with van der Waals surface area (Å²) < 4.78 is 5.77. The summed E-state index contributed by atoms with van der Waals surface area (Å²) in [6, 6.07) is 12.2. The summed E-state index contributed by atoms with van der Waals surface area (Å²) in [4.78, 5) is 14.0. The number of carbonyl (C=O) groups excluding carboxylic acids is 1. The zero-order valence-corrected chi connectivity index (χ0v) is 22.5. The number of carbonyl (C=O) groups is 1. The molecule has 1 aliphatic rings. The van der Waals surface area contributed by atoms with E-state index in [1.165, 1.54) is 17.4 Å². The second-order valence-electron chi connectivity index (χ2n) is 7.99. The van der Waals surface area contributed by atoms with Crippen LogP contribution >= 0.6 is 57.7 Å². The molecular formula is C26H17Cl4N3O2S. The molecule has 0 radical (unpaired) electrons. The molecule has 0 saturated carbocycles. The fraction of sp³-hybridized carbons (Fsp3) is 0.192. The molecule has 0 unspecified atom stereocenters. The van der Waals surface area contributed by atoms with E-state index in [2.05, 4.69) is 11.4 Å². The van der Waals surface area contributed by atoms with Crippen molar-refractivity contribution >= 4 is 74.7 Å². The van der Waals surface area contributed by atoms with E-state index < -0.39 is 5.91 Å². The van der Waals surface area contributed by atoms with E-state index in [9.17, 15) is 15.3 Å². The van der Waals surface area contributed by atoms with Gasteiger partial charge in [0.1, 0.15) is 29.3 Å². The van der Waals surface area contributed by atoms with Crippen molar-refractivity contribution in [3.05, 3.63) is 83.1 Å². The van der Waals surface area contributed by atoms with Gasteiger partial charge in [0.2, 0.25) is 0 Å². The Morgan fingerprint density at radius 3 is 2.44 bits per heavy atom. The van der Waals surface area contributed by atoms with Crippen LogP contribution in [0.5, 0.6) is 5.75 Å². The van der Waals surface area contributed by atoms with Crippen molar-refractivity contribution in [1.29, 1.82) is 10.5 Å². The maximum Gasteiger partial charge on any atom is 0.266 e. The minimum Gasteiger partial charge on any atom is -0.486 e. The molecule has 10 heteroatoms. The predicted octanol–water partition coefficient (Wildman–Crippen LogP) is 8.24. The molecule has 0 spiro atoms. The Morgan fingerprint density at radius 1 is 1.06 bits per heavy atom. The Bertz CT molecular complexity index is 1440. The molecule has 36 heavy (non-hydrogen) atoms. The van der Waals surface area contributed by atoms with Gasteiger partial charge in [0.05, 0.1) is 15.6 Å². The Balaban J connectivity index is 1.53. The van der Waals surface area contributed by atoms with Crippen LogP contribution in [0.1, 0.15) is 40.0 Å². The number of rotatable bonds is 6. The van der Waals surface area contributed by atoms with Crippen LogP contribution < -0.4 is 10.1 Å². The topological polar surface area (TPSA) is 85.9 Å². The Labute approximate surface area is 232 Å². The quantitative estimate of drug-likeness (QED) is 0.236. The standard InChI is InChI=1S/C26H17Cl4N3O2S/c27-17-6-5-15(20(28)10-17)13-35-24-21(29)8-14(9-22(24)30)7-16(11-31)25(34)33-26-19(12-32)18-3-1-2-4-23(18)36-26/h5-10H,1-4,13H2,(H,33,34)/b16-7+. The van der Waals surface area contributed by atoms with Crippen LogP contribution in [0.15, 0.2) is 35.9 Å². The zero-order valence-electron chi connectivity index (χ0n) is 18.6. The summed E-state index contributed by atoms with van der Waals surface area (Å²) in [6.45, 7) is 0.114. The number of nitriles is 2. The van der Waals surface area contributed by atoms with Crippen LogP contribution in [0.3, 0.4) is 0 Å². The number of anilines is 1. The molecule has 3 aromatic rings. The van der Waals surface area contributed by atoms with Crippen molar-refractivity contribution < 1.29 is 9.53 Å². The monoisotopic (exact) mass is 575 g/mol. The maximum absolute atomic E-state index is 12.9. The molecule has 5 nitrogen and oxygen atoms in total. The normalized spacial score (nSPS) is 12.9. The molecule has 1 amide bonds. The van der Waals surface area contributed by atoms with E-state index in [0.29, 0.717) is 31.7 Å². The van der Waals surface area contributed by atoms with E-state index in [-0.39, 0.29) is 28.0 Å². The smallest absolute Gasteiger partial charge is 0.266 e. The fourth-order valence-corrected chi connectivity index (χ4v) is 6.16. The number of thiophene rings is 1. The lowest BCUT2D eigenvalue weighted by atomic mass is 9.96. The van der Waals surface area contributed by atoms with Crippen LogP contribution in [-0.2, 0) is 24.2 Å². The van der Waals surface area contributed by atoms with Gasteiger partial charge in [-0.3, -0.25) is 4.79 Å². The number of fused-ring (bicyclic) bond motifs is 1. The number of amides is 1. The molecule has 0 saturated heterocycles. The van der Waals surface area contributed by atoms with Crippen LogP contribution in [0.4, 0.5) is 5.00 Å². The van der Waals surface area contributed by atoms with Gasteiger partial charge < -0.3 is 10.1 Å². The average molecular weight is 577 g/mol. The van der Waals surface area contributed by atoms with Crippen LogP contribution in [-0.4, -0.2) is 5.91 Å². The van der Waals surface area contributed by atoms with Gasteiger partial charge in [-0.25, -0.2) is 0 Å². The van der Waals surface area contributed by atoms with E-state index in [0.717, 1.165) is 36.1 Å². The lowest BCUT2D eigenvalue weighted by Crippen LogP contribution is -2.13. The first kappa shape index (κ1) is 26.4. The summed E-state index contributed by atoms with van der Waals surface area (Å²) in [6.07, 6.45) is 5.17. The average Bonchev–Trinajstić information content (AvgIpc) is 3.19. The molecular weight excluding hydrogens is 560 g/mol. The van der Waals surface area contributed by atoms with E-state index in [1.54, 1.807) is 30.3 Å². The van der Waals surface area contributed by atoms with Gasteiger partial charge in [-0.05, 0) is 67.2 Å². The van der Waals surface area contributed by atoms with Gasteiger partial charge in [0.15, 0.2) is 5.75 Å². The lowest BCUT2D eigenvalue weighted by molar-refractivity contribution is -0.112. The number of aryl methyl sites for hydroxylation is 1. The van der Waals surface area contributed by atoms with Gasteiger partial charge in [-0.2, -0.15) is 10.5 Å². The lowest BCUT2D eigenvalue weighted by Gasteiger charge is -2.12. The van der Waals surface area contributed by atoms with Crippen LogP contribution in [0.2, 0.25) is 20.1 Å². The molecule has 0 bridgehead atoms. The minimum absolute atomic E-state index is 0.114. The van der Waals surface area contributed by atoms with Gasteiger partial charge >= 0.3 is 0 Å². The Kier molecular flexibility index (Phi) is 8.46. The molecule has 0 fully saturated rings. The third-order valence-corrected chi connectivity index (χ3v) is 7.95. The maximum atomic E-state index is 12.9. The Hall–Kier alpha value is -2.71. The first-order valence-electron chi connectivity index (χ1n) is 10.8. The van der Waals surface area contributed by atoms with Crippen molar-refractivity contribution in [2.45, 2.75) is 32.3 Å². The molecule has 1 aromatic heterocycles. The first-order chi connectivity index (χ1) is 17.3. The summed E-state index contributed by atoms with van der Waals surface area (Å²) in [5.41, 5.74) is 2.47. The highest BCUT2D eigenvalue weighted by molar-refractivity contribution is 7.16. The fourth-order valence-electron chi connectivity index (χ4n) is 3.85. The number of ether oxygens (including phenoxy) is 1. The second kappa shape index (κ2) is 11.6. The van der Waals surface area contributed by atoms with E-state index in [4.69, 9.17) is 51.1 Å². The summed E-state index contributed by atoms with van der Waals surface area (Å²) in [5.74, 6) is -0.371.